The van der Waals surface area contributed by atoms with Crippen molar-refractivity contribution in [1.82, 2.24) is 0 Å². The number of ether oxygens (including phenoxy) is 1. The van der Waals surface area contributed by atoms with Gasteiger partial charge >= 0.3 is 29.6 Å². The normalized spacial score (nSPS) is 14.0. The summed E-state index contributed by atoms with van der Waals surface area (Å²) in [5.41, 5.74) is 0. The predicted octanol–water partition coefficient (Wildman–Crippen LogP) is -1.81. The molecule has 0 aliphatic carbocycles. The van der Waals surface area contributed by atoms with Crippen molar-refractivity contribution in [3.8, 4) is 0 Å². The van der Waals surface area contributed by atoms with Crippen molar-refractivity contribution in [3.05, 3.63) is 24.6 Å². The smallest absolute Gasteiger partial charge is 1.00 e. The van der Waals surface area contributed by atoms with Gasteiger partial charge in [-0.25, -0.2) is 4.99 Å². The molecule has 0 bridgehead atoms. The van der Waals surface area contributed by atoms with Crippen molar-refractivity contribution in [2.75, 3.05) is 0 Å². The minimum atomic E-state index is 0. The summed E-state index contributed by atoms with van der Waals surface area (Å²) in [6, 6.07) is 0. The fourth-order valence-electron chi connectivity index (χ4n) is 0.296. The molecular formula is C5H6NNaO. The molecule has 1 heterocycles. The maximum atomic E-state index is 4.66. The number of hydrogen-bond acceptors (Lipinski definition) is 2. The maximum absolute atomic E-state index is 4.66. The number of hydrogen-bond donors (Lipinski definition) is 0. The van der Waals surface area contributed by atoms with E-state index in [9.17, 15) is 0 Å². The third kappa shape index (κ3) is 3.02. The summed E-state index contributed by atoms with van der Waals surface area (Å²) in [7, 11) is 0. The van der Waals surface area contributed by atoms with E-state index in [0.717, 1.165) is 0 Å². The molecule has 0 unspecified atom stereocenters. The predicted molar refractivity (Wildman–Crippen MR) is 29.0 cm³/mol. The van der Waals surface area contributed by atoms with Crippen LogP contribution in [0.4, 0.5) is 0 Å². The molecular weight excluding hydrogens is 113 g/mol. The van der Waals surface area contributed by atoms with Crippen LogP contribution in [0.2, 0.25) is 0 Å². The molecule has 0 atom stereocenters. The van der Waals surface area contributed by atoms with Crippen LogP contribution in [0.15, 0.2) is 29.6 Å². The van der Waals surface area contributed by atoms with Crippen molar-refractivity contribution >= 4 is 6.40 Å². The van der Waals surface area contributed by atoms with Crippen molar-refractivity contribution in [1.29, 1.82) is 0 Å². The quantitative estimate of drug-likeness (QED) is 0.344. The number of aliphatic imine (C=N–C) groups is 1. The Morgan fingerprint density at radius 2 is 2.25 bits per heavy atom. The Labute approximate surface area is 71.7 Å². The molecule has 0 saturated carbocycles. The van der Waals surface area contributed by atoms with Gasteiger partial charge in [-0.3, -0.25) is 0 Å². The fourth-order valence-corrected chi connectivity index (χ4v) is 0.296. The summed E-state index contributed by atoms with van der Waals surface area (Å²) < 4.78 is 4.66. The van der Waals surface area contributed by atoms with Crippen molar-refractivity contribution in [2.45, 2.75) is 0 Å². The SMILES string of the molecule is C1=CN=COC=C1.[H-].[Na+]. The number of rotatable bonds is 0. The second-order valence-electron chi connectivity index (χ2n) is 1.06. The zero-order chi connectivity index (χ0) is 4.95. The zero-order valence-corrected chi connectivity index (χ0v) is 6.74. The average molecular weight is 119 g/mol. The van der Waals surface area contributed by atoms with Crippen LogP contribution in [0.5, 0.6) is 0 Å². The van der Waals surface area contributed by atoms with E-state index in [1.54, 1.807) is 24.6 Å². The van der Waals surface area contributed by atoms with Gasteiger partial charge in [0.05, 0.1) is 6.26 Å². The summed E-state index contributed by atoms with van der Waals surface area (Å²) in [5, 5.41) is 0. The van der Waals surface area contributed by atoms with Crippen LogP contribution in [0.3, 0.4) is 0 Å². The second-order valence-corrected chi connectivity index (χ2v) is 1.06. The summed E-state index contributed by atoms with van der Waals surface area (Å²) in [6.45, 7) is 0. The molecule has 0 radical (unpaired) electrons. The largest absolute Gasteiger partial charge is 1.00 e. The van der Waals surface area contributed by atoms with Gasteiger partial charge < -0.3 is 6.16 Å². The molecule has 1 rings (SSSR count). The molecule has 3 heteroatoms. The Bertz CT molecular complexity index is 119. The molecule has 0 N–H and O–H groups in total. The number of nitrogens with zero attached hydrogens (tertiary/aromatic N) is 1. The van der Waals surface area contributed by atoms with Crippen molar-refractivity contribution in [3.63, 3.8) is 0 Å². The summed E-state index contributed by atoms with van der Waals surface area (Å²) >= 11 is 0. The van der Waals surface area contributed by atoms with Crippen LogP contribution in [-0.4, -0.2) is 6.40 Å². The van der Waals surface area contributed by atoms with Gasteiger partial charge in [-0.05, 0) is 12.2 Å². The zero-order valence-electron chi connectivity index (χ0n) is 5.74. The van der Waals surface area contributed by atoms with E-state index in [4.69, 9.17) is 0 Å². The van der Waals surface area contributed by atoms with Gasteiger partial charge in [0.2, 0.25) is 0 Å². The maximum Gasteiger partial charge on any atom is 1.00 e. The Hall–Kier alpha value is -0.0500. The van der Waals surface area contributed by atoms with E-state index in [0.29, 0.717) is 0 Å². The molecule has 0 saturated heterocycles. The Morgan fingerprint density at radius 1 is 1.38 bits per heavy atom. The van der Waals surface area contributed by atoms with E-state index in [1.807, 2.05) is 0 Å². The molecule has 0 aromatic carbocycles. The first kappa shape index (κ1) is 7.95. The molecule has 0 amide bonds. The third-order valence-electron chi connectivity index (χ3n) is 0.562. The summed E-state index contributed by atoms with van der Waals surface area (Å²) in [5.74, 6) is 0. The molecule has 8 heavy (non-hydrogen) atoms. The van der Waals surface area contributed by atoms with Crippen LogP contribution < -0.4 is 29.6 Å². The summed E-state index contributed by atoms with van der Waals surface area (Å²) in [4.78, 5) is 3.68. The van der Waals surface area contributed by atoms with Gasteiger partial charge in [-0.15, -0.1) is 0 Å². The van der Waals surface area contributed by atoms with Crippen molar-refractivity contribution < 1.29 is 35.7 Å². The minimum Gasteiger partial charge on any atom is -1.00 e. The third-order valence-corrected chi connectivity index (χ3v) is 0.562. The minimum absolute atomic E-state index is 0. The topological polar surface area (TPSA) is 21.6 Å². The molecule has 38 valence electrons. The van der Waals surface area contributed by atoms with Gasteiger partial charge in [-0.2, -0.15) is 0 Å². The molecule has 0 aromatic rings. The van der Waals surface area contributed by atoms with Gasteiger partial charge in [0.15, 0.2) is 6.40 Å². The Kier molecular flexibility index (Phi) is 5.06. The van der Waals surface area contributed by atoms with Crippen molar-refractivity contribution in [2.24, 2.45) is 4.99 Å². The van der Waals surface area contributed by atoms with Gasteiger partial charge in [-0.1, -0.05) is 0 Å². The summed E-state index contributed by atoms with van der Waals surface area (Å²) in [6.07, 6.45) is 8.16. The van der Waals surface area contributed by atoms with Crippen LogP contribution in [0, 0.1) is 0 Å². The molecule has 1 aliphatic rings. The van der Waals surface area contributed by atoms with E-state index in [2.05, 4.69) is 9.73 Å². The molecule has 0 spiro atoms. The Balaban J connectivity index is 0. The monoisotopic (exact) mass is 119 g/mol. The van der Waals surface area contributed by atoms with E-state index in [-0.39, 0.29) is 31.0 Å². The van der Waals surface area contributed by atoms with Crippen LogP contribution in [0.1, 0.15) is 1.43 Å². The van der Waals surface area contributed by atoms with Gasteiger partial charge in [0.1, 0.15) is 0 Å². The van der Waals surface area contributed by atoms with E-state index in [1.165, 1.54) is 6.40 Å². The molecule has 0 fully saturated rings. The van der Waals surface area contributed by atoms with E-state index >= 15 is 0 Å². The van der Waals surface area contributed by atoms with Gasteiger partial charge in [0, 0.05) is 6.20 Å². The molecule has 2 nitrogen and oxygen atoms in total. The molecule has 0 aromatic heterocycles. The first-order valence-electron chi connectivity index (χ1n) is 1.99. The van der Waals surface area contributed by atoms with Crippen LogP contribution in [0.25, 0.3) is 0 Å². The van der Waals surface area contributed by atoms with E-state index < -0.39 is 0 Å². The Morgan fingerprint density at radius 3 is 3.12 bits per heavy atom. The standard InChI is InChI=1S/C5H5NO.Na.H/c1-2-4-7-5-6-3-1;;/h1-5H;;/q;+1;-1. The van der Waals surface area contributed by atoms with Gasteiger partial charge in [0.25, 0.3) is 0 Å². The second kappa shape index (κ2) is 5.09. The molecule has 1 aliphatic heterocycles. The average Bonchev–Trinajstić information content (AvgIpc) is 1.90. The van der Waals surface area contributed by atoms with Crippen LogP contribution >= 0.6 is 0 Å². The first-order valence-corrected chi connectivity index (χ1v) is 1.99. The number of allylic oxidation sites excluding steroid dienone is 2. The van der Waals surface area contributed by atoms with Crippen LogP contribution in [-0.2, 0) is 4.74 Å². The fraction of sp³-hybridized carbons (Fsp3) is 0. The first-order chi connectivity index (χ1) is 3.50.